The molecule has 0 spiro atoms. The summed E-state index contributed by atoms with van der Waals surface area (Å²) in [6, 6.07) is 2.17. The third-order valence-corrected chi connectivity index (χ3v) is 2.79. The number of nitrogens with zero attached hydrogens (tertiary/aromatic N) is 5. The third kappa shape index (κ3) is 2.98. The average molecular weight is 260 g/mol. The molecule has 2 aromatic rings. The predicted octanol–water partition coefficient (Wildman–Crippen LogP) is 1.28. The minimum atomic E-state index is 0.350. The summed E-state index contributed by atoms with van der Waals surface area (Å²) < 4.78 is 7.20. The summed E-state index contributed by atoms with van der Waals surface area (Å²) in [5.41, 5.74) is 0. The number of hydrogen-bond acceptors (Lipinski definition) is 6. The van der Waals surface area contributed by atoms with Crippen LogP contribution in [-0.4, -0.2) is 37.9 Å². The van der Waals surface area contributed by atoms with Gasteiger partial charge in [-0.3, -0.25) is 0 Å². The Morgan fingerprint density at radius 2 is 2.26 bits per heavy atom. The van der Waals surface area contributed by atoms with E-state index in [-0.39, 0.29) is 0 Å². The molecule has 7 nitrogen and oxygen atoms in total. The smallest absolute Gasteiger partial charge is 0.323 e. The Morgan fingerprint density at radius 1 is 1.37 bits per heavy atom. The molecule has 7 heteroatoms. The van der Waals surface area contributed by atoms with Crippen LogP contribution in [0.4, 0.5) is 5.95 Å². The molecule has 2 heterocycles. The van der Waals surface area contributed by atoms with Gasteiger partial charge in [-0.1, -0.05) is 0 Å². The Kier molecular flexibility index (Phi) is 3.26. The van der Waals surface area contributed by atoms with Gasteiger partial charge in [-0.25, -0.2) is 4.68 Å². The summed E-state index contributed by atoms with van der Waals surface area (Å²) in [4.78, 5) is 12.8. The molecule has 0 saturated heterocycles. The Labute approximate surface area is 111 Å². The van der Waals surface area contributed by atoms with Crippen molar-refractivity contribution < 1.29 is 4.74 Å². The average Bonchev–Trinajstić information content (AvgIpc) is 3.08. The van der Waals surface area contributed by atoms with E-state index in [1.165, 1.54) is 12.8 Å². The lowest BCUT2D eigenvalue weighted by molar-refractivity contribution is 0.275. The molecule has 3 rings (SSSR count). The summed E-state index contributed by atoms with van der Waals surface area (Å²) in [5.74, 6) is 1.63. The van der Waals surface area contributed by atoms with Gasteiger partial charge in [0.25, 0.3) is 5.95 Å². The molecular formula is C12H16N6O. The molecule has 100 valence electrons. The van der Waals surface area contributed by atoms with E-state index in [0.29, 0.717) is 30.4 Å². The minimum Gasteiger partial charge on any atom is -0.463 e. The van der Waals surface area contributed by atoms with Crippen LogP contribution < -0.4 is 10.1 Å². The molecular weight excluding hydrogens is 244 g/mol. The first-order valence-corrected chi connectivity index (χ1v) is 6.48. The van der Waals surface area contributed by atoms with Gasteiger partial charge in [0.15, 0.2) is 0 Å². The molecule has 1 fully saturated rings. The summed E-state index contributed by atoms with van der Waals surface area (Å²) in [6.45, 7) is 3.40. The van der Waals surface area contributed by atoms with Crippen LogP contribution >= 0.6 is 0 Å². The fraction of sp³-hybridized carbons (Fsp3) is 0.500. The quantitative estimate of drug-likeness (QED) is 0.843. The van der Waals surface area contributed by atoms with Crippen LogP contribution in [0.5, 0.6) is 6.01 Å². The van der Waals surface area contributed by atoms with E-state index in [4.69, 9.17) is 4.74 Å². The lowest BCUT2D eigenvalue weighted by Crippen LogP contribution is -2.12. The highest BCUT2D eigenvalue weighted by Gasteiger charge is 2.22. The maximum atomic E-state index is 5.61. The van der Waals surface area contributed by atoms with E-state index in [9.17, 15) is 0 Å². The van der Waals surface area contributed by atoms with E-state index in [2.05, 4.69) is 25.4 Å². The Balaban J connectivity index is 1.84. The molecule has 0 bridgehead atoms. The standard InChI is InChI=1S/C12H16N6O/c1-2-13-10-15-11(18-7-3-6-14-18)17-12(16-10)19-8-9-4-5-9/h3,6-7,9H,2,4-5,8H2,1H3,(H,13,15,16,17). The number of aromatic nitrogens is 5. The molecule has 2 aromatic heterocycles. The van der Waals surface area contributed by atoms with Gasteiger partial charge in [0.2, 0.25) is 5.95 Å². The van der Waals surface area contributed by atoms with E-state index in [0.717, 1.165) is 6.54 Å². The van der Waals surface area contributed by atoms with Gasteiger partial charge in [-0.15, -0.1) is 0 Å². The second-order valence-corrected chi connectivity index (χ2v) is 4.48. The maximum Gasteiger partial charge on any atom is 0.323 e. The number of rotatable bonds is 6. The van der Waals surface area contributed by atoms with Crippen LogP contribution in [0.25, 0.3) is 5.95 Å². The highest BCUT2D eigenvalue weighted by atomic mass is 16.5. The van der Waals surface area contributed by atoms with E-state index in [1.54, 1.807) is 17.1 Å². The van der Waals surface area contributed by atoms with Gasteiger partial charge >= 0.3 is 6.01 Å². The summed E-state index contributed by atoms with van der Waals surface area (Å²) >= 11 is 0. The molecule has 0 aliphatic heterocycles. The highest BCUT2D eigenvalue weighted by Crippen LogP contribution is 2.29. The van der Waals surface area contributed by atoms with Crippen molar-refractivity contribution in [1.82, 2.24) is 24.7 Å². The van der Waals surface area contributed by atoms with Gasteiger partial charge in [0.05, 0.1) is 6.61 Å². The fourth-order valence-electron chi connectivity index (χ4n) is 1.61. The zero-order chi connectivity index (χ0) is 13.1. The van der Waals surface area contributed by atoms with Crippen molar-refractivity contribution in [3.05, 3.63) is 18.5 Å². The third-order valence-electron chi connectivity index (χ3n) is 2.79. The zero-order valence-electron chi connectivity index (χ0n) is 10.8. The van der Waals surface area contributed by atoms with Gasteiger partial charge in [-0.05, 0) is 31.7 Å². The monoisotopic (exact) mass is 260 g/mol. The molecule has 0 amide bonds. The second kappa shape index (κ2) is 5.21. The lowest BCUT2D eigenvalue weighted by atomic mass is 10.5. The van der Waals surface area contributed by atoms with Crippen molar-refractivity contribution in [1.29, 1.82) is 0 Å². The molecule has 0 atom stereocenters. The summed E-state index contributed by atoms with van der Waals surface area (Å²) in [6.07, 6.45) is 5.94. The summed E-state index contributed by atoms with van der Waals surface area (Å²) in [5, 5.41) is 7.19. The van der Waals surface area contributed by atoms with Crippen molar-refractivity contribution in [2.45, 2.75) is 19.8 Å². The van der Waals surface area contributed by atoms with E-state index in [1.807, 2.05) is 13.0 Å². The molecule has 0 aromatic carbocycles. The first-order valence-electron chi connectivity index (χ1n) is 6.48. The normalized spacial score (nSPS) is 14.4. The van der Waals surface area contributed by atoms with Gasteiger partial charge < -0.3 is 10.1 Å². The van der Waals surface area contributed by atoms with Crippen molar-refractivity contribution in [3.63, 3.8) is 0 Å². The molecule has 1 aliphatic rings. The Hall–Kier alpha value is -2.18. The molecule has 1 aliphatic carbocycles. The molecule has 1 saturated carbocycles. The van der Waals surface area contributed by atoms with E-state index >= 15 is 0 Å². The maximum absolute atomic E-state index is 5.61. The van der Waals surface area contributed by atoms with Crippen molar-refractivity contribution in [2.24, 2.45) is 5.92 Å². The van der Waals surface area contributed by atoms with Crippen LogP contribution in [0.1, 0.15) is 19.8 Å². The highest BCUT2D eigenvalue weighted by molar-refractivity contribution is 5.29. The van der Waals surface area contributed by atoms with Crippen molar-refractivity contribution in [3.8, 4) is 12.0 Å². The van der Waals surface area contributed by atoms with Crippen LogP contribution in [0.2, 0.25) is 0 Å². The van der Waals surface area contributed by atoms with Gasteiger partial charge in [0.1, 0.15) is 0 Å². The zero-order valence-corrected chi connectivity index (χ0v) is 10.8. The molecule has 1 N–H and O–H groups in total. The topological polar surface area (TPSA) is 77.8 Å². The number of nitrogens with one attached hydrogen (secondary N) is 1. The largest absolute Gasteiger partial charge is 0.463 e. The fourth-order valence-corrected chi connectivity index (χ4v) is 1.61. The van der Waals surface area contributed by atoms with Gasteiger partial charge in [0, 0.05) is 18.9 Å². The second-order valence-electron chi connectivity index (χ2n) is 4.48. The van der Waals surface area contributed by atoms with Crippen LogP contribution in [0, 0.1) is 5.92 Å². The number of hydrogen-bond donors (Lipinski definition) is 1. The van der Waals surface area contributed by atoms with Crippen LogP contribution in [0.15, 0.2) is 18.5 Å². The predicted molar refractivity (Wildman–Crippen MR) is 69.3 cm³/mol. The summed E-state index contributed by atoms with van der Waals surface area (Å²) in [7, 11) is 0. The number of anilines is 1. The first kappa shape index (κ1) is 11.9. The van der Waals surface area contributed by atoms with Crippen molar-refractivity contribution in [2.75, 3.05) is 18.5 Å². The Morgan fingerprint density at radius 3 is 2.95 bits per heavy atom. The SMILES string of the molecule is CCNc1nc(OCC2CC2)nc(-n2cccn2)n1. The van der Waals surface area contributed by atoms with Crippen LogP contribution in [0.3, 0.4) is 0 Å². The van der Waals surface area contributed by atoms with Crippen molar-refractivity contribution >= 4 is 5.95 Å². The minimum absolute atomic E-state index is 0.350. The first-order chi connectivity index (χ1) is 9.35. The number of ether oxygens (including phenoxy) is 1. The van der Waals surface area contributed by atoms with E-state index < -0.39 is 0 Å². The molecule has 19 heavy (non-hydrogen) atoms. The lowest BCUT2D eigenvalue weighted by Gasteiger charge is -2.08. The van der Waals surface area contributed by atoms with Crippen LogP contribution in [-0.2, 0) is 0 Å². The van der Waals surface area contributed by atoms with Gasteiger partial charge in [-0.2, -0.15) is 20.1 Å². The Bertz CT molecular complexity index is 537. The molecule has 0 unspecified atom stereocenters. The molecule has 0 radical (unpaired) electrons.